The van der Waals surface area contributed by atoms with Crippen molar-refractivity contribution in [2.24, 2.45) is 5.10 Å². The lowest BCUT2D eigenvalue weighted by Gasteiger charge is -2.30. The summed E-state index contributed by atoms with van der Waals surface area (Å²) in [6.45, 7) is 2.72. The maximum atomic E-state index is 12.0. The highest BCUT2D eigenvalue weighted by Crippen LogP contribution is 2.25. The van der Waals surface area contributed by atoms with Gasteiger partial charge in [-0.2, -0.15) is 5.10 Å². The number of aromatic hydroxyl groups is 2. The number of carbonyl (C=O) groups is 1. The third-order valence-electron chi connectivity index (χ3n) is 4.03. The van der Waals surface area contributed by atoms with Crippen molar-refractivity contribution in [1.82, 2.24) is 5.43 Å². The Labute approximate surface area is 151 Å². The van der Waals surface area contributed by atoms with Gasteiger partial charge in [0.1, 0.15) is 11.5 Å². The van der Waals surface area contributed by atoms with Crippen LogP contribution in [0.1, 0.15) is 11.1 Å². The standard InChI is InChI=1S/C19H21N3O4/c23-16-3-1-2-14(10-16)11-19(25)21-20-13-15-4-5-17(24)12-18(15)22-6-8-26-9-7-22/h1-5,10,12-13,23-24H,6-9,11H2,(H,21,25). The van der Waals surface area contributed by atoms with Crippen LogP contribution in [0.3, 0.4) is 0 Å². The van der Waals surface area contributed by atoms with E-state index in [9.17, 15) is 15.0 Å². The maximum absolute atomic E-state index is 12.0. The van der Waals surface area contributed by atoms with E-state index in [4.69, 9.17) is 4.74 Å². The van der Waals surface area contributed by atoms with E-state index < -0.39 is 0 Å². The van der Waals surface area contributed by atoms with Crippen LogP contribution in [0.2, 0.25) is 0 Å². The molecule has 1 fully saturated rings. The number of hydrazone groups is 1. The van der Waals surface area contributed by atoms with Crippen LogP contribution in [0.25, 0.3) is 0 Å². The number of phenolic OH excluding ortho intramolecular Hbond substituents is 2. The Kier molecular flexibility index (Phi) is 5.70. The number of hydrogen-bond acceptors (Lipinski definition) is 6. The lowest BCUT2D eigenvalue weighted by atomic mass is 10.1. The summed E-state index contributed by atoms with van der Waals surface area (Å²) >= 11 is 0. The number of rotatable bonds is 5. The van der Waals surface area contributed by atoms with Gasteiger partial charge in [0, 0.05) is 30.4 Å². The second-order valence-corrected chi connectivity index (χ2v) is 5.98. The second-order valence-electron chi connectivity index (χ2n) is 5.98. The molecule has 1 saturated heterocycles. The zero-order chi connectivity index (χ0) is 18.4. The summed E-state index contributed by atoms with van der Waals surface area (Å²) in [7, 11) is 0. The van der Waals surface area contributed by atoms with E-state index in [1.54, 1.807) is 48.7 Å². The molecule has 1 aliphatic rings. The Morgan fingerprint density at radius 2 is 1.92 bits per heavy atom. The number of carbonyl (C=O) groups excluding carboxylic acids is 1. The van der Waals surface area contributed by atoms with Gasteiger partial charge in [-0.1, -0.05) is 12.1 Å². The molecule has 136 valence electrons. The minimum absolute atomic E-state index is 0.123. The largest absolute Gasteiger partial charge is 0.508 e. The van der Waals surface area contributed by atoms with Gasteiger partial charge in [0.05, 0.1) is 25.8 Å². The van der Waals surface area contributed by atoms with E-state index in [0.29, 0.717) is 18.8 Å². The molecule has 0 radical (unpaired) electrons. The molecule has 0 bridgehead atoms. The van der Waals surface area contributed by atoms with E-state index in [2.05, 4.69) is 15.4 Å². The highest BCUT2D eigenvalue weighted by Gasteiger charge is 2.14. The molecule has 7 nitrogen and oxygen atoms in total. The SMILES string of the molecule is O=C(Cc1cccc(O)c1)NN=Cc1ccc(O)cc1N1CCOCC1. The minimum atomic E-state index is -0.279. The molecule has 0 aliphatic carbocycles. The van der Waals surface area contributed by atoms with E-state index in [0.717, 1.165) is 24.3 Å². The van der Waals surface area contributed by atoms with Gasteiger partial charge in [-0.15, -0.1) is 0 Å². The fourth-order valence-corrected chi connectivity index (χ4v) is 2.78. The van der Waals surface area contributed by atoms with Gasteiger partial charge < -0.3 is 19.8 Å². The molecule has 3 rings (SSSR count). The minimum Gasteiger partial charge on any atom is -0.508 e. The van der Waals surface area contributed by atoms with Crippen LogP contribution in [0, 0.1) is 0 Å². The van der Waals surface area contributed by atoms with Crippen LogP contribution < -0.4 is 10.3 Å². The number of hydrogen-bond donors (Lipinski definition) is 3. The Morgan fingerprint density at radius 1 is 1.15 bits per heavy atom. The zero-order valence-corrected chi connectivity index (χ0v) is 14.3. The molecule has 3 N–H and O–H groups in total. The molecule has 1 aliphatic heterocycles. The molecule has 7 heteroatoms. The first kappa shape index (κ1) is 17.8. The molecule has 1 heterocycles. The van der Waals surface area contributed by atoms with Gasteiger partial charge in [0.2, 0.25) is 5.91 Å². The molecular weight excluding hydrogens is 334 g/mol. The number of nitrogens with one attached hydrogen (secondary N) is 1. The average Bonchev–Trinajstić information content (AvgIpc) is 2.63. The monoisotopic (exact) mass is 355 g/mol. The van der Waals surface area contributed by atoms with E-state index in [1.165, 1.54) is 0 Å². The first-order valence-corrected chi connectivity index (χ1v) is 8.37. The third-order valence-corrected chi connectivity index (χ3v) is 4.03. The summed E-state index contributed by atoms with van der Waals surface area (Å²) in [5.41, 5.74) is 4.83. The van der Waals surface area contributed by atoms with Gasteiger partial charge in [0.15, 0.2) is 0 Å². The summed E-state index contributed by atoms with van der Waals surface area (Å²) in [4.78, 5) is 14.1. The fraction of sp³-hybridized carbons (Fsp3) is 0.263. The summed E-state index contributed by atoms with van der Waals surface area (Å²) in [6.07, 6.45) is 1.68. The Morgan fingerprint density at radius 3 is 2.69 bits per heavy atom. The number of benzene rings is 2. The summed E-state index contributed by atoms with van der Waals surface area (Å²) in [5.74, 6) is 0.0214. The predicted molar refractivity (Wildman–Crippen MR) is 98.7 cm³/mol. The average molecular weight is 355 g/mol. The molecular formula is C19H21N3O4. The topological polar surface area (TPSA) is 94.4 Å². The Hall–Kier alpha value is -3.06. The third kappa shape index (κ3) is 4.73. The quantitative estimate of drug-likeness (QED) is 0.560. The molecule has 0 unspecified atom stereocenters. The first-order chi connectivity index (χ1) is 12.6. The Balaban J connectivity index is 1.65. The lowest BCUT2D eigenvalue weighted by molar-refractivity contribution is -0.120. The number of morpholine rings is 1. The van der Waals surface area contributed by atoms with E-state index >= 15 is 0 Å². The maximum Gasteiger partial charge on any atom is 0.244 e. The van der Waals surface area contributed by atoms with Crippen molar-refractivity contribution >= 4 is 17.8 Å². The van der Waals surface area contributed by atoms with Crippen LogP contribution >= 0.6 is 0 Å². The summed E-state index contributed by atoms with van der Waals surface area (Å²) < 4.78 is 5.36. The number of ether oxygens (including phenoxy) is 1. The van der Waals surface area contributed by atoms with Crippen molar-refractivity contribution in [3.63, 3.8) is 0 Å². The van der Waals surface area contributed by atoms with Crippen molar-refractivity contribution in [3.05, 3.63) is 53.6 Å². The number of anilines is 1. The van der Waals surface area contributed by atoms with Crippen molar-refractivity contribution in [2.45, 2.75) is 6.42 Å². The Bertz CT molecular complexity index is 801. The number of phenols is 2. The van der Waals surface area contributed by atoms with Crippen LogP contribution in [0.5, 0.6) is 11.5 Å². The summed E-state index contributed by atoms with van der Waals surface area (Å²) in [6, 6.07) is 11.6. The smallest absolute Gasteiger partial charge is 0.244 e. The highest BCUT2D eigenvalue weighted by atomic mass is 16.5. The number of nitrogens with zero attached hydrogens (tertiary/aromatic N) is 2. The molecule has 26 heavy (non-hydrogen) atoms. The molecule has 2 aromatic rings. The lowest BCUT2D eigenvalue weighted by Crippen LogP contribution is -2.36. The normalized spacial score (nSPS) is 14.5. The van der Waals surface area contributed by atoms with Gasteiger partial charge in [0.25, 0.3) is 0 Å². The molecule has 0 aromatic heterocycles. The molecule has 2 aromatic carbocycles. The molecule has 0 atom stereocenters. The first-order valence-electron chi connectivity index (χ1n) is 8.37. The molecule has 0 saturated carbocycles. The van der Waals surface area contributed by atoms with Crippen molar-refractivity contribution in [2.75, 3.05) is 31.2 Å². The molecule has 0 spiro atoms. The van der Waals surface area contributed by atoms with Gasteiger partial charge in [-0.25, -0.2) is 5.43 Å². The van der Waals surface area contributed by atoms with Crippen molar-refractivity contribution in [3.8, 4) is 11.5 Å². The number of amides is 1. The van der Waals surface area contributed by atoms with Crippen molar-refractivity contribution in [1.29, 1.82) is 0 Å². The zero-order valence-electron chi connectivity index (χ0n) is 14.3. The van der Waals surface area contributed by atoms with Crippen molar-refractivity contribution < 1.29 is 19.7 Å². The van der Waals surface area contributed by atoms with E-state index in [-0.39, 0.29) is 23.8 Å². The highest BCUT2D eigenvalue weighted by molar-refractivity contribution is 5.89. The van der Waals surface area contributed by atoms with Crippen LogP contribution in [0.4, 0.5) is 5.69 Å². The van der Waals surface area contributed by atoms with Gasteiger partial charge in [-0.3, -0.25) is 4.79 Å². The van der Waals surface area contributed by atoms with Crippen LogP contribution in [0.15, 0.2) is 47.6 Å². The second kappa shape index (κ2) is 8.35. The van der Waals surface area contributed by atoms with Gasteiger partial charge in [-0.05, 0) is 29.8 Å². The predicted octanol–water partition coefficient (Wildman–Crippen LogP) is 1.63. The summed E-state index contributed by atoms with van der Waals surface area (Å²) in [5, 5.41) is 23.2. The van der Waals surface area contributed by atoms with Gasteiger partial charge >= 0.3 is 0 Å². The van der Waals surface area contributed by atoms with E-state index in [1.807, 2.05) is 0 Å². The van der Waals surface area contributed by atoms with Crippen LogP contribution in [-0.2, 0) is 16.0 Å². The molecule has 1 amide bonds. The van der Waals surface area contributed by atoms with Crippen LogP contribution in [-0.4, -0.2) is 48.6 Å². The fourth-order valence-electron chi connectivity index (χ4n) is 2.78.